The molecule has 0 bridgehead atoms. The van der Waals surface area contributed by atoms with Gasteiger partial charge in [-0.15, -0.1) is 10.2 Å². The molecule has 6 nitrogen and oxygen atoms in total. The summed E-state index contributed by atoms with van der Waals surface area (Å²) in [5, 5.41) is 20.7. The maximum absolute atomic E-state index is 11.8. The molecule has 1 heterocycles. The number of hydrogen-bond acceptors (Lipinski definition) is 5. The SMILES string of the molecule is O=C(CCCc1nnc(-c2ccccc2)o1)NCC1(O)CCC1. The normalized spacial score (nSPS) is 15.9. The molecular formula is C17H21N3O3. The molecule has 1 saturated carbocycles. The van der Waals surface area contributed by atoms with Crippen LogP contribution in [0.5, 0.6) is 0 Å². The molecule has 0 spiro atoms. The van der Waals surface area contributed by atoms with E-state index in [0.717, 1.165) is 24.8 Å². The van der Waals surface area contributed by atoms with E-state index in [1.54, 1.807) is 0 Å². The largest absolute Gasteiger partial charge is 0.421 e. The Morgan fingerprint density at radius 2 is 2.04 bits per heavy atom. The minimum absolute atomic E-state index is 0.0480. The van der Waals surface area contributed by atoms with Crippen molar-refractivity contribution < 1.29 is 14.3 Å². The summed E-state index contributed by atoms with van der Waals surface area (Å²) in [5.41, 5.74) is 0.213. The van der Waals surface area contributed by atoms with Gasteiger partial charge >= 0.3 is 0 Å². The molecule has 122 valence electrons. The molecule has 3 rings (SSSR count). The topological polar surface area (TPSA) is 88.2 Å². The van der Waals surface area contributed by atoms with Crippen molar-refractivity contribution in [3.8, 4) is 11.5 Å². The molecule has 0 saturated heterocycles. The van der Waals surface area contributed by atoms with Crippen molar-refractivity contribution in [1.82, 2.24) is 15.5 Å². The van der Waals surface area contributed by atoms with Crippen molar-refractivity contribution in [2.45, 2.75) is 44.1 Å². The number of aliphatic hydroxyl groups is 1. The highest BCUT2D eigenvalue weighted by Gasteiger charge is 2.34. The lowest BCUT2D eigenvalue weighted by Gasteiger charge is -2.36. The Kier molecular flexibility index (Phi) is 4.71. The van der Waals surface area contributed by atoms with Crippen LogP contribution in [0, 0.1) is 0 Å². The van der Waals surface area contributed by atoms with Gasteiger partial charge in [0.15, 0.2) is 0 Å². The third-order valence-corrected chi connectivity index (χ3v) is 4.18. The van der Waals surface area contributed by atoms with Crippen molar-refractivity contribution in [2.75, 3.05) is 6.54 Å². The van der Waals surface area contributed by atoms with Gasteiger partial charge in [0.1, 0.15) is 0 Å². The molecule has 0 unspecified atom stereocenters. The first-order valence-electron chi connectivity index (χ1n) is 8.02. The van der Waals surface area contributed by atoms with Crippen LogP contribution in [0.4, 0.5) is 0 Å². The van der Waals surface area contributed by atoms with Gasteiger partial charge < -0.3 is 14.8 Å². The van der Waals surface area contributed by atoms with Crippen molar-refractivity contribution >= 4 is 5.91 Å². The minimum Gasteiger partial charge on any atom is -0.421 e. The number of benzene rings is 1. The van der Waals surface area contributed by atoms with Gasteiger partial charge in [-0.1, -0.05) is 18.2 Å². The molecule has 2 N–H and O–H groups in total. The summed E-state index contributed by atoms with van der Waals surface area (Å²) in [6.45, 7) is 0.352. The summed E-state index contributed by atoms with van der Waals surface area (Å²) in [7, 11) is 0. The molecule has 1 amide bonds. The Labute approximate surface area is 134 Å². The van der Waals surface area contributed by atoms with Gasteiger partial charge in [-0.3, -0.25) is 4.79 Å². The lowest BCUT2D eigenvalue weighted by molar-refractivity contribution is -0.123. The number of nitrogens with zero attached hydrogens (tertiary/aromatic N) is 2. The van der Waals surface area contributed by atoms with Crippen LogP contribution in [0.15, 0.2) is 34.7 Å². The molecular weight excluding hydrogens is 294 g/mol. The van der Waals surface area contributed by atoms with Crippen LogP contribution in [-0.2, 0) is 11.2 Å². The number of nitrogens with one attached hydrogen (secondary N) is 1. The van der Waals surface area contributed by atoms with Gasteiger partial charge in [0.2, 0.25) is 17.7 Å². The number of carbonyl (C=O) groups is 1. The first-order chi connectivity index (χ1) is 11.1. The highest BCUT2D eigenvalue weighted by molar-refractivity contribution is 5.75. The van der Waals surface area contributed by atoms with Crippen LogP contribution in [-0.4, -0.2) is 33.4 Å². The first-order valence-corrected chi connectivity index (χ1v) is 8.02. The van der Waals surface area contributed by atoms with E-state index in [1.807, 2.05) is 30.3 Å². The average molecular weight is 315 g/mol. The Hall–Kier alpha value is -2.21. The number of amides is 1. The van der Waals surface area contributed by atoms with E-state index in [0.29, 0.717) is 37.6 Å². The molecule has 1 aliphatic carbocycles. The second-order valence-electron chi connectivity index (χ2n) is 6.08. The number of carbonyl (C=O) groups excluding carboxylic acids is 1. The van der Waals surface area contributed by atoms with Gasteiger partial charge in [-0.2, -0.15) is 0 Å². The minimum atomic E-state index is -0.674. The monoisotopic (exact) mass is 315 g/mol. The zero-order valence-electron chi connectivity index (χ0n) is 13.0. The fraction of sp³-hybridized carbons (Fsp3) is 0.471. The molecule has 1 aromatic heterocycles. The van der Waals surface area contributed by atoms with Crippen LogP contribution in [0.1, 0.15) is 38.0 Å². The van der Waals surface area contributed by atoms with E-state index in [9.17, 15) is 9.90 Å². The Morgan fingerprint density at radius 1 is 1.26 bits per heavy atom. The van der Waals surface area contributed by atoms with Crippen molar-refractivity contribution in [3.05, 3.63) is 36.2 Å². The second-order valence-corrected chi connectivity index (χ2v) is 6.08. The van der Waals surface area contributed by atoms with E-state index < -0.39 is 5.60 Å². The summed E-state index contributed by atoms with van der Waals surface area (Å²) < 4.78 is 5.60. The summed E-state index contributed by atoms with van der Waals surface area (Å²) in [6, 6.07) is 9.59. The van der Waals surface area contributed by atoms with Crippen LogP contribution >= 0.6 is 0 Å². The number of hydrogen-bond donors (Lipinski definition) is 2. The van der Waals surface area contributed by atoms with Gasteiger partial charge in [0, 0.05) is 24.9 Å². The second kappa shape index (κ2) is 6.91. The Balaban J connectivity index is 1.40. The molecule has 0 atom stereocenters. The van der Waals surface area contributed by atoms with E-state index in [2.05, 4.69) is 15.5 Å². The fourth-order valence-corrected chi connectivity index (χ4v) is 2.57. The molecule has 1 aromatic carbocycles. The first kappa shape index (κ1) is 15.7. The van der Waals surface area contributed by atoms with Gasteiger partial charge in [0.05, 0.1) is 5.60 Å². The quantitative estimate of drug-likeness (QED) is 0.817. The third-order valence-electron chi connectivity index (χ3n) is 4.18. The smallest absolute Gasteiger partial charge is 0.247 e. The van der Waals surface area contributed by atoms with Crippen molar-refractivity contribution in [2.24, 2.45) is 0 Å². The number of aryl methyl sites for hydroxylation is 1. The van der Waals surface area contributed by atoms with E-state index in [4.69, 9.17) is 4.42 Å². The van der Waals surface area contributed by atoms with Crippen molar-refractivity contribution in [3.63, 3.8) is 0 Å². The molecule has 1 fully saturated rings. The number of aromatic nitrogens is 2. The molecule has 0 radical (unpaired) electrons. The van der Waals surface area contributed by atoms with Crippen LogP contribution in [0.25, 0.3) is 11.5 Å². The van der Waals surface area contributed by atoms with Gasteiger partial charge in [-0.25, -0.2) is 0 Å². The van der Waals surface area contributed by atoms with Gasteiger partial charge in [-0.05, 0) is 37.8 Å². The summed E-state index contributed by atoms with van der Waals surface area (Å²) in [5.74, 6) is 0.986. The standard InChI is InChI=1S/C17H21N3O3/c21-14(18-12-17(22)10-5-11-17)8-4-9-15-19-20-16(23-15)13-6-2-1-3-7-13/h1-3,6-7,22H,4-5,8-12H2,(H,18,21). The predicted molar refractivity (Wildman–Crippen MR) is 84.5 cm³/mol. The zero-order chi connectivity index (χ0) is 16.1. The maximum atomic E-state index is 11.8. The van der Waals surface area contributed by atoms with E-state index in [1.165, 1.54) is 0 Å². The van der Waals surface area contributed by atoms with Gasteiger partial charge in [0.25, 0.3) is 0 Å². The molecule has 23 heavy (non-hydrogen) atoms. The highest BCUT2D eigenvalue weighted by atomic mass is 16.4. The Bertz CT molecular complexity index is 650. The highest BCUT2D eigenvalue weighted by Crippen LogP contribution is 2.30. The third kappa shape index (κ3) is 4.16. The van der Waals surface area contributed by atoms with Crippen LogP contribution in [0.3, 0.4) is 0 Å². The van der Waals surface area contributed by atoms with Crippen LogP contribution < -0.4 is 5.32 Å². The van der Waals surface area contributed by atoms with E-state index in [-0.39, 0.29) is 5.91 Å². The molecule has 2 aromatic rings. The average Bonchev–Trinajstić information content (AvgIpc) is 3.01. The lowest BCUT2D eigenvalue weighted by atomic mass is 9.80. The summed E-state index contributed by atoms with van der Waals surface area (Å²) in [4.78, 5) is 11.8. The number of rotatable bonds is 7. The fourth-order valence-electron chi connectivity index (χ4n) is 2.57. The zero-order valence-corrected chi connectivity index (χ0v) is 13.0. The van der Waals surface area contributed by atoms with Crippen molar-refractivity contribution in [1.29, 1.82) is 0 Å². The summed E-state index contributed by atoms with van der Waals surface area (Å²) >= 11 is 0. The lowest BCUT2D eigenvalue weighted by Crippen LogP contribution is -2.47. The molecule has 1 aliphatic rings. The Morgan fingerprint density at radius 3 is 2.74 bits per heavy atom. The maximum Gasteiger partial charge on any atom is 0.247 e. The van der Waals surface area contributed by atoms with Crippen LogP contribution in [0.2, 0.25) is 0 Å². The molecule has 6 heteroatoms. The van der Waals surface area contributed by atoms with E-state index >= 15 is 0 Å². The molecule has 0 aliphatic heterocycles. The predicted octanol–water partition coefficient (Wildman–Crippen LogP) is 2.09. The summed E-state index contributed by atoms with van der Waals surface area (Å²) in [6.07, 6.45) is 4.18.